The van der Waals surface area contributed by atoms with Crippen LogP contribution < -0.4 is 4.90 Å². The second kappa shape index (κ2) is 9.61. The Morgan fingerprint density at radius 1 is 0.931 bits per heavy atom. The van der Waals surface area contributed by atoms with Gasteiger partial charge in [-0.2, -0.15) is 0 Å². The number of hydrogen-bond acceptors (Lipinski definition) is 4. The SMILES string of the molecule is O=C1CCCCN1CCC(=O)N1CCCC(N2CCN(c3ccccc3)CC2)C1. The standard InChI is InChI=1S/C23H34N4O2/c28-22-10-4-5-12-26(22)14-11-23(29)27-13-6-9-21(19-27)25-17-15-24(16-18-25)20-7-2-1-3-8-20/h1-3,7-8,21H,4-6,9-19H2. The van der Waals surface area contributed by atoms with Crippen LogP contribution in [0, 0.1) is 0 Å². The molecule has 3 saturated heterocycles. The molecule has 1 atom stereocenters. The van der Waals surface area contributed by atoms with Gasteiger partial charge in [0.1, 0.15) is 0 Å². The second-order valence-electron chi connectivity index (χ2n) is 8.58. The first-order chi connectivity index (χ1) is 14.2. The lowest BCUT2D eigenvalue weighted by Crippen LogP contribution is -2.56. The van der Waals surface area contributed by atoms with Crippen molar-refractivity contribution in [1.29, 1.82) is 0 Å². The van der Waals surface area contributed by atoms with E-state index < -0.39 is 0 Å². The minimum absolute atomic E-state index is 0.219. The topological polar surface area (TPSA) is 47.1 Å². The maximum atomic E-state index is 12.8. The highest BCUT2D eigenvalue weighted by molar-refractivity contribution is 5.79. The number of piperazine rings is 1. The van der Waals surface area contributed by atoms with Gasteiger partial charge in [0.25, 0.3) is 0 Å². The molecule has 6 heteroatoms. The smallest absolute Gasteiger partial charge is 0.224 e. The normalized spacial score (nSPS) is 24.1. The molecule has 0 spiro atoms. The first-order valence-corrected chi connectivity index (χ1v) is 11.3. The zero-order valence-electron chi connectivity index (χ0n) is 17.5. The van der Waals surface area contributed by atoms with E-state index in [0.29, 0.717) is 25.4 Å². The third kappa shape index (κ3) is 5.10. The third-order valence-corrected chi connectivity index (χ3v) is 6.72. The summed E-state index contributed by atoms with van der Waals surface area (Å²) in [6, 6.07) is 11.1. The molecule has 1 aromatic rings. The summed E-state index contributed by atoms with van der Waals surface area (Å²) >= 11 is 0. The zero-order chi connectivity index (χ0) is 20.1. The van der Waals surface area contributed by atoms with Gasteiger partial charge in [0, 0.05) is 76.9 Å². The van der Waals surface area contributed by atoms with Crippen LogP contribution in [0.3, 0.4) is 0 Å². The van der Waals surface area contributed by atoms with E-state index in [1.54, 1.807) is 0 Å². The average Bonchev–Trinajstić information content (AvgIpc) is 2.79. The monoisotopic (exact) mass is 398 g/mol. The lowest BCUT2D eigenvalue weighted by molar-refractivity contribution is -0.136. The quantitative estimate of drug-likeness (QED) is 0.763. The highest BCUT2D eigenvalue weighted by atomic mass is 16.2. The first-order valence-electron chi connectivity index (χ1n) is 11.3. The molecule has 2 amide bonds. The zero-order valence-corrected chi connectivity index (χ0v) is 17.5. The van der Waals surface area contributed by atoms with E-state index in [2.05, 4.69) is 40.1 Å². The van der Waals surface area contributed by atoms with Crippen LogP contribution in [-0.2, 0) is 9.59 Å². The predicted molar refractivity (Wildman–Crippen MR) is 115 cm³/mol. The Balaban J connectivity index is 1.24. The van der Waals surface area contributed by atoms with E-state index in [-0.39, 0.29) is 11.8 Å². The maximum Gasteiger partial charge on any atom is 0.224 e. The van der Waals surface area contributed by atoms with Crippen molar-refractivity contribution in [3.63, 3.8) is 0 Å². The van der Waals surface area contributed by atoms with E-state index >= 15 is 0 Å². The molecule has 0 aromatic heterocycles. The van der Waals surface area contributed by atoms with Crippen LogP contribution in [0.1, 0.15) is 38.5 Å². The lowest BCUT2D eigenvalue weighted by Gasteiger charge is -2.44. The molecule has 0 saturated carbocycles. The molecule has 29 heavy (non-hydrogen) atoms. The Labute approximate surface area is 174 Å². The van der Waals surface area contributed by atoms with Crippen molar-refractivity contribution in [1.82, 2.24) is 14.7 Å². The van der Waals surface area contributed by atoms with Gasteiger partial charge in [-0.3, -0.25) is 14.5 Å². The van der Waals surface area contributed by atoms with Crippen molar-refractivity contribution >= 4 is 17.5 Å². The molecule has 6 nitrogen and oxygen atoms in total. The summed E-state index contributed by atoms with van der Waals surface area (Å²) in [5.41, 5.74) is 1.31. The molecule has 0 bridgehead atoms. The van der Waals surface area contributed by atoms with Crippen molar-refractivity contribution in [2.75, 3.05) is 57.3 Å². The number of amides is 2. The van der Waals surface area contributed by atoms with Crippen LogP contribution in [0.2, 0.25) is 0 Å². The molecule has 3 aliphatic rings. The van der Waals surface area contributed by atoms with Crippen molar-refractivity contribution in [3.05, 3.63) is 30.3 Å². The fraction of sp³-hybridized carbons (Fsp3) is 0.652. The van der Waals surface area contributed by atoms with Gasteiger partial charge in [-0.05, 0) is 37.8 Å². The number of hydrogen-bond donors (Lipinski definition) is 0. The number of nitrogens with zero attached hydrogens (tertiary/aromatic N) is 4. The minimum atomic E-state index is 0.219. The predicted octanol–water partition coefficient (Wildman–Crippen LogP) is 2.20. The van der Waals surface area contributed by atoms with Crippen LogP contribution in [-0.4, -0.2) is 84.9 Å². The summed E-state index contributed by atoms with van der Waals surface area (Å²) in [6.07, 6.45) is 5.45. The summed E-state index contributed by atoms with van der Waals surface area (Å²) < 4.78 is 0. The lowest BCUT2D eigenvalue weighted by atomic mass is 10.0. The van der Waals surface area contributed by atoms with Crippen molar-refractivity contribution in [2.24, 2.45) is 0 Å². The summed E-state index contributed by atoms with van der Waals surface area (Å²) in [5, 5.41) is 0. The molecule has 3 fully saturated rings. The number of rotatable bonds is 5. The summed E-state index contributed by atoms with van der Waals surface area (Å²) in [6.45, 7) is 7.34. The van der Waals surface area contributed by atoms with Gasteiger partial charge in [-0.15, -0.1) is 0 Å². The summed E-state index contributed by atoms with van der Waals surface area (Å²) in [4.78, 5) is 33.7. The Kier molecular flexibility index (Phi) is 6.70. The largest absolute Gasteiger partial charge is 0.369 e. The fourth-order valence-corrected chi connectivity index (χ4v) is 4.95. The number of piperidine rings is 2. The van der Waals surface area contributed by atoms with Gasteiger partial charge in [-0.1, -0.05) is 18.2 Å². The third-order valence-electron chi connectivity index (χ3n) is 6.72. The Morgan fingerprint density at radius 3 is 2.48 bits per heavy atom. The van der Waals surface area contributed by atoms with Crippen molar-refractivity contribution < 1.29 is 9.59 Å². The van der Waals surface area contributed by atoms with Gasteiger partial charge in [0.2, 0.25) is 11.8 Å². The minimum Gasteiger partial charge on any atom is -0.369 e. The molecule has 1 aromatic carbocycles. The molecule has 0 aliphatic carbocycles. The Bertz CT molecular complexity index is 687. The van der Waals surface area contributed by atoms with Gasteiger partial charge < -0.3 is 14.7 Å². The molecular formula is C23H34N4O2. The number of para-hydroxylation sites is 1. The van der Waals surface area contributed by atoms with Crippen LogP contribution in [0.25, 0.3) is 0 Å². The van der Waals surface area contributed by atoms with Gasteiger partial charge in [0.05, 0.1) is 0 Å². The number of carbonyl (C=O) groups is 2. The average molecular weight is 399 g/mol. The maximum absolute atomic E-state index is 12.8. The number of anilines is 1. The fourth-order valence-electron chi connectivity index (χ4n) is 4.95. The van der Waals surface area contributed by atoms with Crippen LogP contribution in [0.5, 0.6) is 0 Å². The molecule has 158 valence electrons. The molecular weight excluding hydrogens is 364 g/mol. The van der Waals surface area contributed by atoms with Crippen LogP contribution in [0.4, 0.5) is 5.69 Å². The van der Waals surface area contributed by atoms with Crippen LogP contribution >= 0.6 is 0 Å². The van der Waals surface area contributed by atoms with E-state index in [1.165, 1.54) is 12.1 Å². The van der Waals surface area contributed by atoms with E-state index in [1.807, 2.05) is 9.80 Å². The summed E-state index contributed by atoms with van der Waals surface area (Å²) in [5.74, 6) is 0.438. The van der Waals surface area contributed by atoms with E-state index in [4.69, 9.17) is 0 Å². The van der Waals surface area contributed by atoms with Gasteiger partial charge >= 0.3 is 0 Å². The van der Waals surface area contributed by atoms with E-state index in [0.717, 1.165) is 65.1 Å². The Morgan fingerprint density at radius 2 is 1.72 bits per heavy atom. The molecule has 1 unspecified atom stereocenters. The van der Waals surface area contributed by atoms with Crippen molar-refractivity contribution in [2.45, 2.75) is 44.6 Å². The number of carbonyl (C=O) groups excluding carboxylic acids is 2. The second-order valence-corrected chi connectivity index (χ2v) is 8.58. The highest BCUT2D eigenvalue weighted by Gasteiger charge is 2.30. The molecule has 4 rings (SSSR count). The number of benzene rings is 1. The van der Waals surface area contributed by atoms with E-state index in [9.17, 15) is 9.59 Å². The first kappa shape index (κ1) is 20.2. The molecule has 0 radical (unpaired) electrons. The Hall–Kier alpha value is -2.08. The molecule has 0 N–H and O–H groups in total. The van der Waals surface area contributed by atoms with Crippen LogP contribution in [0.15, 0.2) is 30.3 Å². The number of likely N-dealkylation sites (tertiary alicyclic amines) is 2. The van der Waals surface area contributed by atoms with Gasteiger partial charge in [-0.25, -0.2) is 0 Å². The molecule has 3 aliphatic heterocycles. The van der Waals surface area contributed by atoms with Crippen molar-refractivity contribution in [3.8, 4) is 0 Å². The highest BCUT2D eigenvalue weighted by Crippen LogP contribution is 2.21. The van der Waals surface area contributed by atoms with Gasteiger partial charge in [0.15, 0.2) is 0 Å². The molecule has 3 heterocycles. The summed E-state index contributed by atoms with van der Waals surface area (Å²) in [7, 11) is 0.